The Kier molecular flexibility index (Phi) is 6.48. The van der Waals surface area contributed by atoms with Gasteiger partial charge in [0.25, 0.3) is 0 Å². The number of aryl methyl sites for hydroxylation is 1. The summed E-state index contributed by atoms with van der Waals surface area (Å²) in [4.78, 5) is 5.12. The number of hydrogen-bond acceptors (Lipinski definition) is 3. The first-order valence-electron chi connectivity index (χ1n) is 9.43. The summed E-state index contributed by atoms with van der Waals surface area (Å²) in [6.45, 7) is 11.1. The van der Waals surface area contributed by atoms with Gasteiger partial charge in [0.05, 0.1) is 0 Å². The molecule has 0 spiro atoms. The third kappa shape index (κ3) is 5.58. The van der Waals surface area contributed by atoms with Crippen LogP contribution in [0.4, 0.5) is 0 Å². The lowest BCUT2D eigenvalue weighted by molar-refractivity contribution is 0.139. The molecule has 2 aromatic rings. The summed E-state index contributed by atoms with van der Waals surface area (Å²) in [5, 5.41) is 0. The zero-order valence-corrected chi connectivity index (χ0v) is 15.5. The maximum Gasteiger partial charge on any atom is 0.107 e. The highest BCUT2D eigenvalue weighted by Gasteiger charge is 2.17. The van der Waals surface area contributed by atoms with Gasteiger partial charge in [0.1, 0.15) is 11.5 Å². The van der Waals surface area contributed by atoms with Crippen molar-refractivity contribution in [1.82, 2.24) is 9.80 Å². The Labute approximate surface area is 151 Å². The molecule has 0 radical (unpaired) electrons. The van der Waals surface area contributed by atoms with Gasteiger partial charge in [-0.2, -0.15) is 0 Å². The van der Waals surface area contributed by atoms with Gasteiger partial charge in [-0.1, -0.05) is 49.4 Å². The molecule has 1 atom stereocenters. The molecular weight excluding hydrogens is 308 g/mol. The molecule has 3 nitrogen and oxygen atoms in total. The van der Waals surface area contributed by atoms with Crippen LogP contribution < -0.4 is 0 Å². The van der Waals surface area contributed by atoms with Crippen molar-refractivity contribution in [3.63, 3.8) is 0 Å². The fourth-order valence-corrected chi connectivity index (χ4v) is 3.33. The molecule has 0 N–H and O–H groups in total. The van der Waals surface area contributed by atoms with E-state index in [-0.39, 0.29) is 0 Å². The van der Waals surface area contributed by atoms with Crippen molar-refractivity contribution in [2.45, 2.75) is 26.2 Å². The Morgan fingerprint density at radius 3 is 2.40 bits per heavy atom. The lowest BCUT2D eigenvalue weighted by Crippen LogP contribution is -2.46. The fraction of sp³-hybridized carbons (Fsp3) is 0.455. The molecule has 0 saturated carbocycles. The van der Waals surface area contributed by atoms with Gasteiger partial charge >= 0.3 is 0 Å². The molecule has 3 rings (SSSR count). The number of benzene rings is 1. The van der Waals surface area contributed by atoms with Crippen LogP contribution in [-0.4, -0.2) is 49.1 Å². The molecule has 1 aliphatic heterocycles. The predicted octanol–water partition coefficient (Wildman–Crippen LogP) is 4.41. The monoisotopic (exact) mass is 338 g/mol. The number of piperazine rings is 1. The van der Waals surface area contributed by atoms with E-state index in [9.17, 15) is 0 Å². The Bertz CT molecular complexity index is 654. The van der Waals surface area contributed by atoms with E-state index in [0.717, 1.165) is 37.7 Å². The van der Waals surface area contributed by atoms with E-state index in [4.69, 9.17) is 4.42 Å². The van der Waals surface area contributed by atoms with E-state index in [0.29, 0.717) is 5.92 Å². The van der Waals surface area contributed by atoms with E-state index in [1.54, 1.807) is 0 Å². The van der Waals surface area contributed by atoms with Gasteiger partial charge in [-0.05, 0) is 37.6 Å². The van der Waals surface area contributed by atoms with Crippen LogP contribution in [0, 0.1) is 6.92 Å². The topological polar surface area (TPSA) is 19.6 Å². The molecular formula is C22H30N2O. The van der Waals surface area contributed by atoms with Gasteiger partial charge in [-0.25, -0.2) is 0 Å². The summed E-state index contributed by atoms with van der Waals surface area (Å²) in [5.41, 5.74) is 1.28. The molecule has 1 aromatic carbocycles. The highest BCUT2D eigenvalue weighted by atomic mass is 16.3. The van der Waals surface area contributed by atoms with Crippen LogP contribution in [0.1, 0.15) is 36.3 Å². The quantitative estimate of drug-likeness (QED) is 0.745. The number of rotatable bonds is 7. The standard InChI is InChI=1S/C22H30N2O/c1-19(22-11-10-20(2)25-22)12-14-24-17-15-23(16-18-24)13-6-9-21-7-4-3-5-8-21/h3-11,19H,12-18H2,1-2H3/b9-6+. The van der Waals surface area contributed by atoms with Crippen LogP contribution in [0.3, 0.4) is 0 Å². The molecule has 1 unspecified atom stereocenters. The maximum absolute atomic E-state index is 5.75. The smallest absolute Gasteiger partial charge is 0.107 e. The SMILES string of the molecule is Cc1ccc(C(C)CCN2CCN(C/C=C/c3ccccc3)CC2)o1. The summed E-state index contributed by atoms with van der Waals surface area (Å²) in [7, 11) is 0. The largest absolute Gasteiger partial charge is 0.466 e. The van der Waals surface area contributed by atoms with Crippen LogP contribution in [-0.2, 0) is 0 Å². The summed E-state index contributed by atoms with van der Waals surface area (Å²) in [6.07, 6.45) is 5.67. The van der Waals surface area contributed by atoms with Crippen molar-refractivity contribution in [2.24, 2.45) is 0 Å². The maximum atomic E-state index is 5.75. The second-order valence-electron chi connectivity index (χ2n) is 7.09. The highest BCUT2D eigenvalue weighted by Crippen LogP contribution is 2.21. The molecule has 0 bridgehead atoms. The molecule has 25 heavy (non-hydrogen) atoms. The van der Waals surface area contributed by atoms with E-state index in [2.05, 4.69) is 71.3 Å². The third-order valence-corrected chi connectivity index (χ3v) is 5.06. The molecule has 1 saturated heterocycles. The van der Waals surface area contributed by atoms with Crippen LogP contribution in [0.5, 0.6) is 0 Å². The third-order valence-electron chi connectivity index (χ3n) is 5.06. The predicted molar refractivity (Wildman–Crippen MR) is 105 cm³/mol. The van der Waals surface area contributed by atoms with Crippen LogP contribution >= 0.6 is 0 Å². The molecule has 3 heteroatoms. The average molecular weight is 338 g/mol. The van der Waals surface area contributed by atoms with Crippen molar-refractivity contribution in [3.05, 3.63) is 65.6 Å². The normalized spacial score (nSPS) is 18.0. The molecule has 1 fully saturated rings. The highest BCUT2D eigenvalue weighted by molar-refractivity contribution is 5.48. The second-order valence-corrected chi connectivity index (χ2v) is 7.09. The zero-order valence-electron chi connectivity index (χ0n) is 15.5. The van der Waals surface area contributed by atoms with Gasteiger partial charge < -0.3 is 9.32 Å². The van der Waals surface area contributed by atoms with Crippen LogP contribution in [0.25, 0.3) is 6.08 Å². The summed E-state index contributed by atoms with van der Waals surface area (Å²) in [5.74, 6) is 2.64. The van der Waals surface area contributed by atoms with Gasteiger partial charge in [-0.3, -0.25) is 4.90 Å². The van der Waals surface area contributed by atoms with Crippen molar-refractivity contribution in [3.8, 4) is 0 Å². The zero-order chi connectivity index (χ0) is 17.5. The minimum Gasteiger partial charge on any atom is -0.466 e. The molecule has 0 aliphatic carbocycles. The average Bonchev–Trinajstić information content (AvgIpc) is 3.08. The van der Waals surface area contributed by atoms with Crippen molar-refractivity contribution in [2.75, 3.05) is 39.3 Å². The Morgan fingerprint density at radius 1 is 1.00 bits per heavy atom. The Balaban J connectivity index is 1.35. The van der Waals surface area contributed by atoms with Crippen molar-refractivity contribution in [1.29, 1.82) is 0 Å². The minimum absolute atomic E-state index is 0.500. The molecule has 0 amide bonds. The first-order chi connectivity index (χ1) is 12.2. The molecule has 134 valence electrons. The lowest BCUT2D eigenvalue weighted by Gasteiger charge is -2.34. The van der Waals surface area contributed by atoms with E-state index < -0.39 is 0 Å². The van der Waals surface area contributed by atoms with E-state index >= 15 is 0 Å². The van der Waals surface area contributed by atoms with E-state index in [1.165, 1.54) is 25.1 Å². The number of nitrogens with zero attached hydrogens (tertiary/aromatic N) is 2. The number of hydrogen-bond donors (Lipinski definition) is 0. The molecule has 1 aliphatic rings. The minimum atomic E-state index is 0.500. The lowest BCUT2D eigenvalue weighted by atomic mass is 10.0. The summed E-state index contributed by atoms with van der Waals surface area (Å²) >= 11 is 0. The first-order valence-corrected chi connectivity index (χ1v) is 9.43. The van der Waals surface area contributed by atoms with Crippen molar-refractivity contribution < 1.29 is 4.42 Å². The molecule has 2 heterocycles. The summed E-state index contributed by atoms with van der Waals surface area (Å²) < 4.78 is 5.75. The van der Waals surface area contributed by atoms with E-state index in [1.807, 2.05) is 6.92 Å². The van der Waals surface area contributed by atoms with Crippen molar-refractivity contribution >= 4 is 6.08 Å². The van der Waals surface area contributed by atoms with Crippen LogP contribution in [0.2, 0.25) is 0 Å². The van der Waals surface area contributed by atoms with Gasteiger partial charge in [0, 0.05) is 38.6 Å². The number of furan rings is 1. The van der Waals surface area contributed by atoms with Gasteiger partial charge in [-0.15, -0.1) is 0 Å². The Hall–Kier alpha value is -1.84. The molecule has 1 aromatic heterocycles. The fourth-order valence-electron chi connectivity index (χ4n) is 3.33. The van der Waals surface area contributed by atoms with Crippen LogP contribution in [0.15, 0.2) is 53.0 Å². The summed E-state index contributed by atoms with van der Waals surface area (Å²) in [6, 6.07) is 14.7. The first kappa shape index (κ1) is 18.0. The second kappa shape index (κ2) is 9.02. The van der Waals surface area contributed by atoms with Gasteiger partial charge in [0.15, 0.2) is 0 Å². The van der Waals surface area contributed by atoms with Gasteiger partial charge in [0.2, 0.25) is 0 Å². The Morgan fingerprint density at radius 2 is 1.72 bits per heavy atom.